The molecule has 0 atom stereocenters. The lowest BCUT2D eigenvalue weighted by atomic mass is 10.1. The van der Waals surface area contributed by atoms with E-state index in [0.29, 0.717) is 17.3 Å². The van der Waals surface area contributed by atoms with E-state index < -0.39 is 5.51 Å². The third-order valence-electron chi connectivity index (χ3n) is 2.83. The van der Waals surface area contributed by atoms with Crippen LogP contribution < -0.4 is 5.32 Å². The van der Waals surface area contributed by atoms with Gasteiger partial charge in [-0.15, -0.1) is 0 Å². The summed E-state index contributed by atoms with van der Waals surface area (Å²) in [6, 6.07) is 12.0. The van der Waals surface area contributed by atoms with Crippen LogP contribution in [0, 0.1) is 6.92 Å². The SMILES string of the molecule is Cc1ccc(CNc2ccccc2SC(F)(F)F)cc1Cl. The van der Waals surface area contributed by atoms with Gasteiger partial charge in [0.15, 0.2) is 0 Å². The second-order valence-electron chi connectivity index (χ2n) is 4.48. The number of rotatable bonds is 4. The average molecular weight is 332 g/mol. The zero-order valence-corrected chi connectivity index (χ0v) is 12.7. The van der Waals surface area contributed by atoms with E-state index >= 15 is 0 Å². The maximum Gasteiger partial charge on any atom is 0.446 e. The second-order valence-corrected chi connectivity index (χ2v) is 6.00. The lowest BCUT2D eigenvalue weighted by Crippen LogP contribution is -2.04. The Bertz CT molecular complexity index is 629. The van der Waals surface area contributed by atoms with Gasteiger partial charge in [0.25, 0.3) is 0 Å². The number of benzene rings is 2. The topological polar surface area (TPSA) is 12.0 Å². The molecule has 0 saturated heterocycles. The molecule has 6 heteroatoms. The molecule has 0 aliphatic carbocycles. The Morgan fingerprint density at radius 3 is 2.52 bits per heavy atom. The molecule has 21 heavy (non-hydrogen) atoms. The first-order valence-corrected chi connectivity index (χ1v) is 7.38. The largest absolute Gasteiger partial charge is 0.446 e. The molecule has 1 nitrogen and oxygen atoms in total. The monoisotopic (exact) mass is 331 g/mol. The third-order valence-corrected chi connectivity index (χ3v) is 4.05. The summed E-state index contributed by atoms with van der Waals surface area (Å²) in [5.74, 6) is 0. The molecule has 0 saturated carbocycles. The van der Waals surface area contributed by atoms with Crippen molar-refractivity contribution in [2.45, 2.75) is 23.9 Å². The molecule has 0 spiro atoms. The molecule has 0 aliphatic heterocycles. The molecule has 2 aromatic carbocycles. The van der Waals surface area contributed by atoms with Crippen LogP contribution in [0.25, 0.3) is 0 Å². The zero-order valence-electron chi connectivity index (χ0n) is 11.2. The third kappa shape index (κ3) is 4.86. The van der Waals surface area contributed by atoms with Gasteiger partial charge in [0, 0.05) is 22.2 Å². The fourth-order valence-corrected chi connectivity index (χ4v) is 2.62. The van der Waals surface area contributed by atoms with Gasteiger partial charge in [-0.3, -0.25) is 0 Å². The summed E-state index contributed by atoms with van der Waals surface area (Å²) >= 11 is 5.91. The number of halogens is 4. The summed E-state index contributed by atoms with van der Waals surface area (Å²) in [5.41, 5.74) is -1.97. The maximum atomic E-state index is 12.5. The minimum Gasteiger partial charge on any atom is -0.380 e. The van der Waals surface area contributed by atoms with E-state index in [9.17, 15) is 13.2 Å². The summed E-state index contributed by atoms with van der Waals surface area (Å²) in [6.45, 7) is 2.31. The smallest absolute Gasteiger partial charge is 0.380 e. The van der Waals surface area contributed by atoms with E-state index in [1.165, 1.54) is 6.07 Å². The van der Waals surface area contributed by atoms with Crippen LogP contribution in [-0.2, 0) is 6.54 Å². The van der Waals surface area contributed by atoms with E-state index in [1.807, 2.05) is 25.1 Å². The Kier molecular flexibility index (Phi) is 5.06. The number of para-hydroxylation sites is 1. The molecule has 0 radical (unpaired) electrons. The van der Waals surface area contributed by atoms with E-state index in [2.05, 4.69) is 5.32 Å². The molecule has 0 heterocycles. The number of hydrogen-bond acceptors (Lipinski definition) is 2. The van der Waals surface area contributed by atoms with Crippen LogP contribution in [0.2, 0.25) is 5.02 Å². The van der Waals surface area contributed by atoms with Crippen molar-refractivity contribution in [3.63, 3.8) is 0 Å². The van der Waals surface area contributed by atoms with Crippen LogP contribution in [0.3, 0.4) is 0 Å². The van der Waals surface area contributed by atoms with Gasteiger partial charge >= 0.3 is 5.51 Å². The summed E-state index contributed by atoms with van der Waals surface area (Å²) in [4.78, 5) is 0.156. The van der Waals surface area contributed by atoms with Gasteiger partial charge in [0.2, 0.25) is 0 Å². The minimum atomic E-state index is -4.30. The lowest BCUT2D eigenvalue weighted by molar-refractivity contribution is -0.0327. The highest BCUT2D eigenvalue weighted by Crippen LogP contribution is 2.40. The van der Waals surface area contributed by atoms with Gasteiger partial charge < -0.3 is 5.32 Å². The molecular weight excluding hydrogens is 319 g/mol. The quantitative estimate of drug-likeness (QED) is 0.703. The van der Waals surface area contributed by atoms with Crippen molar-refractivity contribution in [2.75, 3.05) is 5.32 Å². The van der Waals surface area contributed by atoms with Crippen LogP contribution in [0.4, 0.5) is 18.9 Å². The van der Waals surface area contributed by atoms with Crippen LogP contribution in [-0.4, -0.2) is 5.51 Å². The molecule has 0 amide bonds. The normalized spacial score (nSPS) is 11.5. The van der Waals surface area contributed by atoms with Crippen molar-refractivity contribution in [1.29, 1.82) is 0 Å². The molecule has 0 aromatic heterocycles. The van der Waals surface area contributed by atoms with E-state index in [-0.39, 0.29) is 16.7 Å². The standard InChI is InChI=1S/C15H13ClF3NS/c1-10-6-7-11(8-12(10)16)9-20-13-4-2-3-5-14(13)21-15(17,18)19/h2-8,20H,9H2,1H3. The van der Waals surface area contributed by atoms with Gasteiger partial charge in [0.05, 0.1) is 0 Å². The number of anilines is 1. The minimum absolute atomic E-state index is 0.120. The fraction of sp³-hybridized carbons (Fsp3) is 0.200. The molecule has 0 fully saturated rings. The van der Waals surface area contributed by atoms with Crippen molar-refractivity contribution in [1.82, 2.24) is 0 Å². The van der Waals surface area contributed by atoms with Crippen LogP contribution in [0.1, 0.15) is 11.1 Å². The van der Waals surface area contributed by atoms with Gasteiger partial charge in [-0.25, -0.2) is 0 Å². The van der Waals surface area contributed by atoms with Crippen molar-refractivity contribution < 1.29 is 13.2 Å². The van der Waals surface area contributed by atoms with Crippen molar-refractivity contribution in [3.05, 3.63) is 58.6 Å². The number of aryl methyl sites for hydroxylation is 1. The van der Waals surface area contributed by atoms with Crippen LogP contribution >= 0.6 is 23.4 Å². The fourth-order valence-electron chi connectivity index (χ4n) is 1.77. The Labute approximate surface area is 130 Å². The van der Waals surface area contributed by atoms with E-state index in [1.54, 1.807) is 18.2 Å². The second kappa shape index (κ2) is 6.62. The summed E-state index contributed by atoms with van der Waals surface area (Å²) in [5, 5.41) is 3.66. The number of nitrogens with one attached hydrogen (secondary N) is 1. The summed E-state index contributed by atoms with van der Waals surface area (Å²) in [6.07, 6.45) is 0. The molecule has 1 N–H and O–H groups in total. The molecule has 0 unspecified atom stereocenters. The molecule has 2 rings (SSSR count). The molecule has 2 aromatic rings. The van der Waals surface area contributed by atoms with Crippen molar-refractivity contribution >= 4 is 29.1 Å². The van der Waals surface area contributed by atoms with E-state index in [4.69, 9.17) is 11.6 Å². The highest BCUT2D eigenvalue weighted by molar-refractivity contribution is 8.00. The lowest BCUT2D eigenvalue weighted by Gasteiger charge is -2.13. The predicted molar refractivity (Wildman–Crippen MR) is 81.9 cm³/mol. The first-order valence-electron chi connectivity index (χ1n) is 6.19. The van der Waals surface area contributed by atoms with Crippen LogP contribution in [0.15, 0.2) is 47.4 Å². The molecular formula is C15H13ClF3NS. The van der Waals surface area contributed by atoms with Gasteiger partial charge in [-0.2, -0.15) is 13.2 Å². The van der Waals surface area contributed by atoms with Gasteiger partial charge in [0.1, 0.15) is 0 Å². The maximum absolute atomic E-state index is 12.5. The summed E-state index contributed by atoms with van der Waals surface area (Å²) in [7, 11) is 0. The average Bonchev–Trinajstić information content (AvgIpc) is 2.40. The highest BCUT2D eigenvalue weighted by atomic mass is 35.5. The van der Waals surface area contributed by atoms with Crippen molar-refractivity contribution in [3.8, 4) is 0 Å². The first-order chi connectivity index (χ1) is 9.85. The highest BCUT2D eigenvalue weighted by Gasteiger charge is 2.30. The van der Waals surface area contributed by atoms with Crippen molar-refractivity contribution in [2.24, 2.45) is 0 Å². The van der Waals surface area contributed by atoms with Gasteiger partial charge in [-0.05, 0) is 48.0 Å². The first kappa shape index (κ1) is 16.0. The number of thioether (sulfide) groups is 1. The number of hydrogen-bond donors (Lipinski definition) is 1. The Morgan fingerprint density at radius 2 is 1.86 bits per heavy atom. The zero-order chi connectivity index (χ0) is 15.5. The Hall–Kier alpha value is -1.33. The molecule has 0 bridgehead atoms. The molecule has 112 valence electrons. The predicted octanol–water partition coefficient (Wildman–Crippen LogP) is 5.87. The summed E-state index contributed by atoms with van der Waals surface area (Å²) < 4.78 is 37.5. The Morgan fingerprint density at radius 1 is 1.14 bits per heavy atom. The van der Waals surface area contributed by atoms with Crippen LogP contribution in [0.5, 0.6) is 0 Å². The van der Waals surface area contributed by atoms with E-state index in [0.717, 1.165) is 11.1 Å². The Balaban J connectivity index is 2.11. The molecule has 0 aliphatic rings. The van der Waals surface area contributed by atoms with Gasteiger partial charge in [-0.1, -0.05) is 35.9 Å². The number of alkyl halides is 3.